The normalized spacial score (nSPS) is 11.4. The number of rotatable bonds is 5. The molecule has 4 nitrogen and oxygen atoms in total. The van der Waals surface area contributed by atoms with Crippen LogP contribution in [0.25, 0.3) is 0 Å². The maximum absolute atomic E-state index is 13.6. The molecule has 1 aromatic carbocycles. The van der Waals surface area contributed by atoms with Crippen LogP contribution in [0.5, 0.6) is 5.75 Å². The molecule has 1 aromatic heterocycles. The monoisotopic (exact) mass is 321 g/mol. The molecule has 2 aromatic rings. The molecular formula is C16H20FN3OS. The molecule has 0 atom stereocenters. The number of benzene rings is 1. The predicted molar refractivity (Wildman–Crippen MR) is 89.0 cm³/mol. The van der Waals surface area contributed by atoms with Gasteiger partial charge in [-0.3, -0.25) is 4.99 Å². The molecule has 2 N–H and O–H groups in total. The zero-order chi connectivity index (χ0) is 15.9. The number of hydrogen-bond donors (Lipinski definition) is 2. The first-order valence-electron chi connectivity index (χ1n) is 6.94. The van der Waals surface area contributed by atoms with Crippen molar-refractivity contribution in [2.45, 2.75) is 20.0 Å². The number of methoxy groups -OCH3 is 1. The van der Waals surface area contributed by atoms with Crippen LogP contribution in [0.4, 0.5) is 4.39 Å². The summed E-state index contributed by atoms with van der Waals surface area (Å²) in [6.07, 6.45) is 0. The minimum Gasteiger partial charge on any atom is -0.494 e. The van der Waals surface area contributed by atoms with Crippen molar-refractivity contribution in [3.63, 3.8) is 0 Å². The number of thiophene rings is 1. The maximum Gasteiger partial charge on any atom is 0.191 e. The number of hydrogen-bond acceptors (Lipinski definition) is 3. The molecule has 0 saturated heterocycles. The Morgan fingerprint density at radius 1 is 1.27 bits per heavy atom. The fraction of sp³-hybridized carbons (Fsp3) is 0.312. The minimum absolute atomic E-state index is 0.249. The lowest BCUT2D eigenvalue weighted by molar-refractivity contribution is 0.386. The Hall–Kier alpha value is -2.08. The van der Waals surface area contributed by atoms with Crippen molar-refractivity contribution in [3.05, 3.63) is 51.5 Å². The fourth-order valence-corrected chi connectivity index (χ4v) is 2.82. The topological polar surface area (TPSA) is 45.7 Å². The van der Waals surface area contributed by atoms with Gasteiger partial charge in [-0.2, -0.15) is 0 Å². The van der Waals surface area contributed by atoms with Crippen LogP contribution in [0.2, 0.25) is 0 Å². The van der Waals surface area contributed by atoms with Gasteiger partial charge in [0.1, 0.15) is 0 Å². The number of nitrogens with one attached hydrogen (secondary N) is 2. The van der Waals surface area contributed by atoms with Gasteiger partial charge >= 0.3 is 0 Å². The Bertz CT molecular complexity index is 655. The SMILES string of the molecule is CN=C(NCc1ccc(OC)c(F)c1)NCc1sccc1C. The van der Waals surface area contributed by atoms with E-state index in [1.54, 1.807) is 24.5 Å². The molecule has 0 bridgehead atoms. The number of aliphatic imine (C=N–C) groups is 1. The highest BCUT2D eigenvalue weighted by Gasteiger charge is 2.05. The van der Waals surface area contributed by atoms with Gasteiger partial charge in [0.2, 0.25) is 0 Å². The summed E-state index contributed by atoms with van der Waals surface area (Å²) in [4.78, 5) is 5.45. The summed E-state index contributed by atoms with van der Waals surface area (Å²) in [6, 6.07) is 7.00. The quantitative estimate of drug-likeness (QED) is 0.657. The average Bonchev–Trinajstić information content (AvgIpc) is 2.93. The van der Waals surface area contributed by atoms with Gasteiger partial charge in [0, 0.05) is 18.5 Å². The lowest BCUT2D eigenvalue weighted by Crippen LogP contribution is -2.36. The molecule has 1 heterocycles. The number of halogens is 1. The summed E-state index contributed by atoms with van der Waals surface area (Å²) in [5, 5.41) is 8.49. The molecule has 0 saturated carbocycles. The highest BCUT2D eigenvalue weighted by atomic mass is 32.1. The minimum atomic E-state index is -0.362. The van der Waals surface area contributed by atoms with E-state index in [9.17, 15) is 4.39 Å². The molecule has 0 amide bonds. The van der Waals surface area contributed by atoms with Gasteiger partial charge in [0.05, 0.1) is 13.7 Å². The largest absolute Gasteiger partial charge is 0.494 e. The van der Waals surface area contributed by atoms with E-state index in [2.05, 4.69) is 34.0 Å². The van der Waals surface area contributed by atoms with E-state index in [-0.39, 0.29) is 11.6 Å². The standard InChI is InChI=1S/C16H20FN3OS/c1-11-6-7-22-15(11)10-20-16(18-2)19-9-12-4-5-14(21-3)13(17)8-12/h4-8H,9-10H2,1-3H3,(H2,18,19,20). The molecule has 0 aliphatic carbocycles. The van der Waals surface area contributed by atoms with Crippen molar-refractivity contribution in [2.24, 2.45) is 4.99 Å². The molecule has 0 fully saturated rings. The van der Waals surface area contributed by atoms with E-state index in [0.717, 1.165) is 12.1 Å². The van der Waals surface area contributed by atoms with E-state index in [4.69, 9.17) is 4.74 Å². The van der Waals surface area contributed by atoms with Crippen molar-refractivity contribution < 1.29 is 9.13 Å². The Balaban J connectivity index is 1.88. The predicted octanol–water partition coefficient (Wildman–Crippen LogP) is 3.07. The van der Waals surface area contributed by atoms with Crippen LogP contribution in [0, 0.1) is 12.7 Å². The summed E-state index contributed by atoms with van der Waals surface area (Å²) < 4.78 is 18.5. The Labute approximate surface area is 134 Å². The number of nitrogens with zero attached hydrogens (tertiary/aromatic N) is 1. The summed E-state index contributed by atoms with van der Waals surface area (Å²) >= 11 is 1.71. The smallest absolute Gasteiger partial charge is 0.191 e. The van der Waals surface area contributed by atoms with E-state index in [1.807, 2.05) is 6.07 Å². The van der Waals surface area contributed by atoms with Gasteiger partial charge in [-0.15, -0.1) is 11.3 Å². The summed E-state index contributed by atoms with van der Waals surface area (Å²) in [7, 11) is 3.17. The van der Waals surface area contributed by atoms with Crippen molar-refractivity contribution in [2.75, 3.05) is 14.2 Å². The van der Waals surface area contributed by atoms with Crippen molar-refractivity contribution >= 4 is 17.3 Å². The molecule has 2 rings (SSSR count). The van der Waals surface area contributed by atoms with Crippen molar-refractivity contribution in [3.8, 4) is 5.75 Å². The van der Waals surface area contributed by atoms with Crippen LogP contribution >= 0.6 is 11.3 Å². The first kappa shape index (κ1) is 16.3. The first-order valence-corrected chi connectivity index (χ1v) is 7.82. The third kappa shape index (κ3) is 4.21. The number of ether oxygens (including phenoxy) is 1. The van der Waals surface area contributed by atoms with E-state index < -0.39 is 0 Å². The lowest BCUT2D eigenvalue weighted by atomic mass is 10.2. The summed E-state index contributed by atoms with van der Waals surface area (Å²) in [6.45, 7) is 3.30. The molecule has 0 spiro atoms. The third-order valence-corrected chi connectivity index (χ3v) is 4.31. The first-order chi connectivity index (χ1) is 10.6. The maximum atomic E-state index is 13.6. The second-order valence-corrected chi connectivity index (χ2v) is 5.78. The van der Waals surface area contributed by atoms with Gasteiger partial charge in [0.25, 0.3) is 0 Å². The van der Waals surface area contributed by atoms with Crippen LogP contribution in [-0.4, -0.2) is 20.1 Å². The Kier molecular flexibility index (Phi) is 5.77. The van der Waals surface area contributed by atoms with Crippen LogP contribution in [-0.2, 0) is 13.1 Å². The molecule has 0 aliphatic rings. The van der Waals surface area contributed by atoms with Gasteiger partial charge in [-0.1, -0.05) is 6.07 Å². The zero-order valence-corrected chi connectivity index (χ0v) is 13.8. The summed E-state index contributed by atoms with van der Waals surface area (Å²) in [5.41, 5.74) is 2.10. The van der Waals surface area contributed by atoms with Crippen LogP contribution in [0.1, 0.15) is 16.0 Å². The molecule has 22 heavy (non-hydrogen) atoms. The van der Waals surface area contributed by atoms with Crippen molar-refractivity contribution in [1.29, 1.82) is 0 Å². The van der Waals surface area contributed by atoms with E-state index in [1.165, 1.54) is 23.6 Å². The third-order valence-electron chi connectivity index (χ3n) is 3.28. The van der Waals surface area contributed by atoms with Gasteiger partial charge in [-0.05, 0) is 41.6 Å². The second-order valence-electron chi connectivity index (χ2n) is 4.78. The van der Waals surface area contributed by atoms with E-state index in [0.29, 0.717) is 12.5 Å². The molecule has 118 valence electrons. The van der Waals surface area contributed by atoms with Crippen LogP contribution in [0.3, 0.4) is 0 Å². The van der Waals surface area contributed by atoms with Gasteiger partial charge in [0.15, 0.2) is 17.5 Å². The van der Waals surface area contributed by atoms with Gasteiger partial charge < -0.3 is 15.4 Å². The molecule has 0 radical (unpaired) electrons. The molecule has 0 aliphatic heterocycles. The fourth-order valence-electron chi connectivity index (χ4n) is 1.98. The lowest BCUT2D eigenvalue weighted by Gasteiger charge is -2.12. The molecule has 6 heteroatoms. The average molecular weight is 321 g/mol. The van der Waals surface area contributed by atoms with Gasteiger partial charge in [-0.25, -0.2) is 4.39 Å². The Morgan fingerprint density at radius 3 is 2.64 bits per heavy atom. The van der Waals surface area contributed by atoms with Crippen molar-refractivity contribution in [1.82, 2.24) is 10.6 Å². The van der Waals surface area contributed by atoms with E-state index >= 15 is 0 Å². The second kappa shape index (κ2) is 7.79. The van der Waals surface area contributed by atoms with Crippen LogP contribution < -0.4 is 15.4 Å². The number of guanidine groups is 1. The highest BCUT2D eigenvalue weighted by Crippen LogP contribution is 2.17. The summed E-state index contributed by atoms with van der Waals surface area (Å²) in [5.74, 6) is 0.572. The molecule has 0 unspecified atom stereocenters. The zero-order valence-electron chi connectivity index (χ0n) is 12.9. The molecular weight excluding hydrogens is 301 g/mol. The number of aryl methyl sites for hydroxylation is 1. The Morgan fingerprint density at radius 2 is 2.05 bits per heavy atom. The highest BCUT2D eigenvalue weighted by molar-refractivity contribution is 7.10. The van der Waals surface area contributed by atoms with Crippen LogP contribution in [0.15, 0.2) is 34.6 Å².